The zero-order chi connectivity index (χ0) is 17.3. The van der Waals surface area contributed by atoms with Crippen LogP contribution in [0, 0.1) is 5.41 Å². The van der Waals surface area contributed by atoms with Crippen LogP contribution in [-0.2, 0) is 10.0 Å². The first kappa shape index (κ1) is 17.9. The number of carboxylic acids is 1. The summed E-state index contributed by atoms with van der Waals surface area (Å²) in [6.07, 6.45) is 2.83. The highest BCUT2D eigenvalue weighted by Gasteiger charge is 2.33. The van der Waals surface area contributed by atoms with Gasteiger partial charge in [0.25, 0.3) is 0 Å². The molecule has 1 aromatic rings. The molecule has 1 aliphatic heterocycles. The number of aromatic nitrogens is 1. The van der Waals surface area contributed by atoms with E-state index >= 15 is 0 Å². The van der Waals surface area contributed by atoms with Gasteiger partial charge in [0.2, 0.25) is 10.0 Å². The monoisotopic (exact) mass is 344 g/mol. The molecule has 1 fully saturated rings. The molecule has 0 unspecified atom stereocenters. The summed E-state index contributed by atoms with van der Waals surface area (Å²) in [6, 6.07) is 0. The van der Waals surface area contributed by atoms with Gasteiger partial charge in [0.05, 0.1) is 5.75 Å². The molecule has 23 heavy (non-hydrogen) atoms. The van der Waals surface area contributed by atoms with Gasteiger partial charge in [-0.2, -0.15) is 0 Å². The van der Waals surface area contributed by atoms with Gasteiger partial charge in [0.15, 0.2) is 12.1 Å². The zero-order valence-electron chi connectivity index (χ0n) is 13.8. The summed E-state index contributed by atoms with van der Waals surface area (Å²) in [7, 11) is -3.26. The number of carboxylic acid groups (broad SMARTS) is 1. The first-order valence-electron chi connectivity index (χ1n) is 7.75. The molecule has 1 aliphatic rings. The maximum atomic E-state index is 12.4. The normalized spacial score (nSPS) is 18.2. The lowest BCUT2D eigenvalue weighted by Crippen LogP contribution is -2.39. The number of oxazole rings is 1. The first-order valence-corrected chi connectivity index (χ1v) is 9.35. The van der Waals surface area contributed by atoms with Crippen molar-refractivity contribution in [3.8, 4) is 0 Å². The zero-order valence-corrected chi connectivity index (χ0v) is 14.6. The molecule has 8 heteroatoms. The van der Waals surface area contributed by atoms with Crippen LogP contribution in [0.4, 0.5) is 0 Å². The van der Waals surface area contributed by atoms with Gasteiger partial charge in [-0.05, 0) is 24.7 Å². The average molecular weight is 344 g/mol. The second kappa shape index (κ2) is 6.60. The van der Waals surface area contributed by atoms with Crippen molar-refractivity contribution in [3.05, 3.63) is 17.8 Å². The Morgan fingerprint density at radius 3 is 2.52 bits per heavy atom. The Kier molecular flexibility index (Phi) is 5.15. The third-order valence-electron chi connectivity index (χ3n) is 4.13. The SMILES string of the molecule is CC(C)(C)CCS(=O)(=O)N1CCC(c2ocnc2C(=O)O)CC1. The number of carbonyl (C=O) groups is 1. The minimum atomic E-state index is -3.26. The lowest BCUT2D eigenvalue weighted by atomic mass is 9.94. The number of nitrogens with zero attached hydrogens (tertiary/aromatic N) is 2. The molecule has 0 saturated carbocycles. The van der Waals surface area contributed by atoms with Crippen molar-refractivity contribution in [2.24, 2.45) is 5.41 Å². The number of sulfonamides is 1. The van der Waals surface area contributed by atoms with E-state index in [0.29, 0.717) is 38.1 Å². The molecule has 2 heterocycles. The highest BCUT2D eigenvalue weighted by atomic mass is 32.2. The van der Waals surface area contributed by atoms with Gasteiger partial charge in [-0.1, -0.05) is 20.8 Å². The smallest absolute Gasteiger partial charge is 0.358 e. The van der Waals surface area contributed by atoms with Gasteiger partial charge in [0, 0.05) is 19.0 Å². The average Bonchev–Trinajstić information content (AvgIpc) is 2.94. The number of aromatic carboxylic acids is 1. The van der Waals surface area contributed by atoms with Crippen LogP contribution in [0.5, 0.6) is 0 Å². The van der Waals surface area contributed by atoms with Gasteiger partial charge in [-0.15, -0.1) is 0 Å². The Morgan fingerprint density at radius 2 is 2.00 bits per heavy atom. The Balaban J connectivity index is 1.98. The topological polar surface area (TPSA) is 101 Å². The van der Waals surface area contributed by atoms with Crippen LogP contribution in [0.1, 0.15) is 62.2 Å². The molecule has 0 aliphatic carbocycles. The quantitative estimate of drug-likeness (QED) is 0.879. The Labute approximate surface area is 136 Å². The lowest BCUT2D eigenvalue weighted by Gasteiger charge is -2.31. The van der Waals surface area contributed by atoms with Gasteiger partial charge < -0.3 is 9.52 Å². The molecule has 1 saturated heterocycles. The maximum absolute atomic E-state index is 12.4. The third kappa shape index (κ3) is 4.54. The number of hydrogen-bond acceptors (Lipinski definition) is 5. The van der Waals surface area contributed by atoms with E-state index in [4.69, 9.17) is 9.52 Å². The van der Waals surface area contributed by atoms with Gasteiger partial charge in [-0.25, -0.2) is 22.5 Å². The van der Waals surface area contributed by atoms with Crippen LogP contribution in [0.25, 0.3) is 0 Å². The van der Waals surface area contributed by atoms with E-state index in [-0.39, 0.29) is 22.8 Å². The minimum absolute atomic E-state index is 0.0262. The molecule has 0 aromatic carbocycles. The van der Waals surface area contributed by atoms with E-state index in [1.54, 1.807) is 0 Å². The summed E-state index contributed by atoms with van der Waals surface area (Å²) < 4.78 is 31.5. The molecule has 0 amide bonds. The Bertz CT molecular complexity index is 652. The molecule has 0 atom stereocenters. The molecule has 2 rings (SSSR count). The number of piperidine rings is 1. The van der Waals surface area contributed by atoms with Crippen molar-refractivity contribution < 1.29 is 22.7 Å². The largest absolute Gasteiger partial charge is 0.476 e. The van der Waals surface area contributed by atoms with Crippen molar-refractivity contribution in [3.63, 3.8) is 0 Å². The van der Waals surface area contributed by atoms with E-state index in [1.807, 2.05) is 20.8 Å². The van der Waals surface area contributed by atoms with E-state index in [2.05, 4.69) is 4.98 Å². The predicted octanol–water partition coefficient (Wildman–Crippen LogP) is 2.32. The highest BCUT2D eigenvalue weighted by Crippen LogP contribution is 2.31. The third-order valence-corrected chi connectivity index (χ3v) is 6.00. The van der Waals surface area contributed by atoms with Crippen LogP contribution in [0.3, 0.4) is 0 Å². The predicted molar refractivity (Wildman–Crippen MR) is 84.9 cm³/mol. The first-order chi connectivity index (χ1) is 10.6. The van der Waals surface area contributed by atoms with Crippen LogP contribution in [0.15, 0.2) is 10.8 Å². The fraction of sp³-hybridized carbons (Fsp3) is 0.733. The molecule has 130 valence electrons. The molecule has 0 spiro atoms. The van der Waals surface area contributed by atoms with Gasteiger partial charge in [-0.3, -0.25) is 0 Å². The second-order valence-corrected chi connectivity index (χ2v) is 9.26. The molecule has 1 N–H and O–H groups in total. The summed E-state index contributed by atoms with van der Waals surface area (Å²) in [4.78, 5) is 14.8. The number of rotatable bonds is 5. The Morgan fingerprint density at radius 1 is 1.39 bits per heavy atom. The summed E-state index contributed by atoms with van der Waals surface area (Å²) in [5, 5.41) is 9.08. The van der Waals surface area contributed by atoms with Gasteiger partial charge >= 0.3 is 5.97 Å². The maximum Gasteiger partial charge on any atom is 0.358 e. The molecule has 1 aromatic heterocycles. The fourth-order valence-corrected chi connectivity index (χ4v) is 4.56. The summed E-state index contributed by atoms with van der Waals surface area (Å²) in [5.41, 5.74) is -0.0965. The van der Waals surface area contributed by atoms with Crippen molar-refractivity contribution in [1.29, 1.82) is 0 Å². The van der Waals surface area contributed by atoms with E-state index < -0.39 is 16.0 Å². The second-order valence-electron chi connectivity index (χ2n) is 7.17. The van der Waals surface area contributed by atoms with Crippen LogP contribution >= 0.6 is 0 Å². The molecular weight excluding hydrogens is 320 g/mol. The van der Waals surface area contributed by atoms with Crippen LogP contribution in [-0.4, -0.2) is 47.6 Å². The summed E-state index contributed by atoms with van der Waals surface area (Å²) in [6.45, 7) is 6.83. The van der Waals surface area contributed by atoms with Crippen molar-refractivity contribution in [2.45, 2.75) is 46.0 Å². The molecule has 0 bridgehead atoms. The van der Waals surface area contributed by atoms with Crippen LogP contribution in [0.2, 0.25) is 0 Å². The van der Waals surface area contributed by atoms with Crippen molar-refractivity contribution >= 4 is 16.0 Å². The van der Waals surface area contributed by atoms with Gasteiger partial charge in [0.1, 0.15) is 5.76 Å². The Hall–Kier alpha value is -1.41. The molecule has 7 nitrogen and oxygen atoms in total. The number of hydrogen-bond donors (Lipinski definition) is 1. The molecular formula is C15H24N2O5S. The van der Waals surface area contributed by atoms with Crippen LogP contribution < -0.4 is 0 Å². The highest BCUT2D eigenvalue weighted by molar-refractivity contribution is 7.89. The van der Waals surface area contributed by atoms with E-state index in [9.17, 15) is 13.2 Å². The molecule has 0 radical (unpaired) electrons. The summed E-state index contributed by atoms with van der Waals surface area (Å²) >= 11 is 0. The van der Waals surface area contributed by atoms with E-state index in [0.717, 1.165) is 6.39 Å². The van der Waals surface area contributed by atoms with Crippen molar-refractivity contribution in [1.82, 2.24) is 9.29 Å². The van der Waals surface area contributed by atoms with E-state index in [1.165, 1.54) is 4.31 Å². The summed E-state index contributed by atoms with van der Waals surface area (Å²) in [5.74, 6) is -0.722. The van der Waals surface area contributed by atoms with Crippen molar-refractivity contribution in [2.75, 3.05) is 18.8 Å². The minimum Gasteiger partial charge on any atom is -0.476 e. The standard InChI is InChI=1S/C15H24N2O5S/c1-15(2,3)6-9-23(20,21)17-7-4-11(5-8-17)13-12(14(18)19)16-10-22-13/h10-11H,4-9H2,1-3H3,(H,18,19). The lowest BCUT2D eigenvalue weighted by molar-refractivity contribution is 0.0687. The fourth-order valence-electron chi connectivity index (χ4n) is 2.67.